The summed E-state index contributed by atoms with van der Waals surface area (Å²) in [6, 6.07) is 4.90. The molecule has 0 spiro atoms. The van der Waals surface area contributed by atoms with E-state index in [1.54, 1.807) is 23.2 Å². The van der Waals surface area contributed by atoms with Crippen LogP contribution in [0.3, 0.4) is 0 Å². The highest BCUT2D eigenvalue weighted by molar-refractivity contribution is 6.04. The van der Waals surface area contributed by atoms with Crippen molar-refractivity contribution in [3.8, 4) is 0 Å². The monoisotopic (exact) mass is 419 g/mol. The molecule has 0 fully saturated rings. The third kappa shape index (κ3) is 3.22. The van der Waals surface area contributed by atoms with Gasteiger partial charge in [0.05, 0.1) is 29.3 Å². The molecule has 5 rings (SSSR count). The lowest BCUT2D eigenvalue weighted by molar-refractivity contribution is -0.118. The van der Waals surface area contributed by atoms with E-state index in [1.165, 1.54) is 6.07 Å². The van der Waals surface area contributed by atoms with Crippen LogP contribution in [-0.2, 0) is 4.79 Å². The van der Waals surface area contributed by atoms with E-state index in [0.29, 0.717) is 11.4 Å². The zero-order valence-electron chi connectivity index (χ0n) is 17.2. The van der Waals surface area contributed by atoms with Crippen LogP contribution < -0.4 is 21.4 Å². The van der Waals surface area contributed by atoms with Gasteiger partial charge in [-0.05, 0) is 37.1 Å². The fourth-order valence-corrected chi connectivity index (χ4v) is 4.19. The molecule has 2 aliphatic heterocycles. The smallest absolute Gasteiger partial charge is 0.232 e. The van der Waals surface area contributed by atoms with Gasteiger partial charge in [-0.2, -0.15) is 10.1 Å². The van der Waals surface area contributed by atoms with Crippen molar-refractivity contribution in [2.45, 2.75) is 38.6 Å². The number of amides is 1. The second-order valence-electron chi connectivity index (χ2n) is 8.03. The third-order valence-electron chi connectivity index (χ3n) is 5.72. The summed E-state index contributed by atoms with van der Waals surface area (Å²) in [5.41, 5.74) is 13.2. The van der Waals surface area contributed by atoms with E-state index in [4.69, 9.17) is 5.73 Å². The number of aromatic nitrogens is 2. The Morgan fingerprint density at radius 3 is 2.97 bits per heavy atom. The molecule has 0 bridgehead atoms. The molecule has 0 saturated carbocycles. The zero-order valence-corrected chi connectivity index (χ0v) is 17.2. The van der Waals surface area contributed by atoms with Crippen LogP contribution in [0.1, 0.15) is 36.9 Å². The lowest BCUT2D eigenvalue weighted by Crippen LogP contribution is -2.39. The first-order valence-electron chi connectivity index (χ1n) is 10.1. The molecule has 1 aromatic heterocycles. The van der Waals surface area contributed by atoms with E-state index in [9.17, 15) is 9.18 Å². The molecule has 0 saturated heterocycles. The molecule has 3 aliphatic rings. The van der Waals surface area contributed by atoms with Crippen molar-refractivity contribution in [3.63, 3.8) is 0 Å². The first kappa shape index (κ1) is 19.2. The first-order chi connectivity index (χ1) is 14.9. The van der Waals surface area contributed by atoms with Crippen LogP contribution in [0.25, 0.3) is 0 Å². The second-order valence-corrected chi connectivity index (χ2v) is 8.03. The maximum atomic E-state index is 14.3. The molecule has 9 heteroatoms. The second kappa shape index (κ2) is 7.19. The maximum Gasteiger partial charge on any atom is 0.232 e. The Labute approximate surface area is 178 Å². The number of benzene rings is 1. The molecule has 8 nitrogen and oxygen atoms in total. The topological polar surface area (TPSA) is 109 Å². The number of allylic oxidation sites excluding steroid dienone is 1. The minimum Gasteiger partial charge on any atom is -0.382 e. The van der Waals surface area contributed by atoms with Crippen LogP contribution in [0.2, 0.25) is 0 Å². The minimum absolute atomic E-state index is 0.0307. The average molecular weight is 419 g/mol. The third-order valence-corrected chi connectivity index (χ3v) is 5.72. The Morgan fingerprint density at radius 1 is 1.32 bits per heavy atom. The Morgan fingerprint density at radius 2 is 2.16 bits per heavy atom. The highest BCUT2D eigenvalue weighted by Crippen LogP contribution is 2.42. The van der Waals surface area contributed by atoms with E-state index >= 15 is 0 Å². The Hall–Kier alpha value is -3.75. The highest BCUT2D eigenvalue weighted by Gasteiger charge is 2.37. The number of hydrazone groups is 1. The number of nitrogen functional groups attached to an aromatic ring is 1. The van der Waals surface area contributed by atoms with Gasteiger partial charge in [-0.15, -0.1) is 0 Å². The predicted molar refractivity (Wildman–Crippen MR) is 118 cm³/mol. The van der Waals surface area contributed by atoms with Gasteiger partial charge in [-0.25, -0.2) is 9.37 Å². The van der Waals surface area contributed by atoms with E-state index in [0.717, 1.165) is 23.3 Å². The van der Waals surface area contributed by atoms with Crippen LogP contribution in [-0.4, -0.2) is 28.1 Å². The van der Waals surface area contributed by atoms with Gasteiger partial charge in [0.15, 0.2) is 5.82 Å². The number of fused-ring (bicyclic) bond motifs is 2. The van der Waals surface area contributed by atoms with Gasteiger partial charge in [0.2, 0.25) is 11.9 Å². The molecule has 1 aliphatic carbocycles. The largest absolute Gasteiger partial charge is 0.382 e. The molecule has 1 aromatic carbocycles. The molecule has 31 heavy (non-hydrogen) atoms. The quantitative estimate of drug-likeness (QED) is 0.705. The summed E-state index contributed by atoms with van der Waals surface area (Å²) in [6.45, 7) is 3.74. The number of carbonyl (C=O) groups excluding carboxylic acids is 1. The Balaban J connectivity index is 1.59. The van der Waals surface area contributed by atoms with Gasteiger partial charge < -0.3 is 16.5 Å². The van der Waals surface area contributed by atoms with Crippen molar-refractivity contribution in [1.82, 2.24) is 15.4 Å². The summed E-state index contributed by atoms with van der Waals surface area (Å²) in [4.78, 5) is 23.6. The minimum atomic E-state index is -0.400. The van der Waals surface area contributed by atoms with Crippen molar-refractivity contribution in [3.05, 3.63) is 58.7 Å². The summed E-state index contributed by atoms with van der Waals surface area (Å²) in [7, 11) is 0. The van der Waals surface area contributed by atoms with E-state index < -0.39 is 5.82 Å². The normalized spacial score (nSPS) is 21.8. The fraction of sp³-hybridized carbons (Fsp3) is 0.273. The molecule has 0 radical (unpaired) electrons. The van der Waals surface area contributed by atoms with Crippen molar-refractivity contribution < 1.29 is 9.18 Å². The number of hydrogen-bond donors (Lipinski definition) is 3. The molecule has 158 valence electrons. The Bertz CT molecular complexity index is 1190. The van der Waals surface area contributed by atoms with Gasteiger partial charge in [0, 0.05) is 17.9 Å². The number of aryl methyl sites for hydroxylation is 1. The maximum absolute atomic E-state index is 14.3. The van der Waals surface area contributed by atoms with Crippen LogP contribution in [0.15, 0.2) is 46.7 Å². The lowest BCUT2D eigenvalue weighted by atomic mass is 9.92. The van der Waals surface area contributed by atoms with E-state index in [-0.39, 0.29) is 41.7 Å². The predicted octanol–water partition coefficient (Wildman–Crippen LogP) is 3.26. The summed E-state index contributed by atoms with van der Waals surface area (Å²) in [6.07, 6.45) is 6.73. The molecule has 2 unspecified atom stereocenters. The lowest BCUT2D eigenvalue weighted by Gasteiger charge is -2.35. The number of rotatable bonds is 3. The first-order valence-corrected chi connectivity index (χ1v) is 10.1. The molecule has 2 atom stereocenters. The van der Waals surface area contributed by atoms with Crippen LogP contribution in [0.5, 0.6) is 0 Å². The van der Waals surface area contributed by atoms with Crippen molar-refractivity contribution in [2.24, 2.45) is 5.10 Å². The summed E-state index contributed by atoms with van der Waals surface area (Å²) in [5.74, 6) is -0.279. The number of anilines is 4. The van der Waals surface area contributed by atoms with Crippen LogP contribution in [0.4, 0.5) is 27.5 Å². The number of nitrogens with two attached hydrogens (primary N) is 1. The molecular formula is C22H22FN7O. The SMILES string of the molecule is Cc1ccc(Nc2nc(N)c3c(n2)C(C)CC(=O)N3C2=C3C=NNC3CC=C2)c(F)c1. The zero-order chi connectivity index (χ0) is 21.7. The number of nitrogens with zero attached hydrogens (tertiary/aromatic N) is 4. The summed E-state index contributed by atoms with van der Waals surface area (Å²) < 4.78 is 14.3. The van der Waals surface area contributed by atoms with E-state index in [2.05, 4.69) is 25.8 Å². The van der Waals surface area contributed by atoms with Crippen molar-refractivity contribution in [2.75, 3.05) is 16.0 Å². The molecule has 4 N–H and O–H groups in total. The molecule has 2 aromatic rings. The van der Waals surface area contributed by atoms with Crippen LogP contribution in [0, 0.1) is 12.7 Å². The standard InChI is InChI=1S/C22H22FN7O/c1-11-6-7-16(14(23)8-11)26-22-27-19-12(2)9-18(31)30(20(19)21(24)28-22)17-5-3-4-15-13(17)10-25-29-15/h3,5-8,10,12,15,29H,4,9H2,1-2H3,(H3,24,26,27,28). The number of nitrogens with one attached hydrogen (secondary N) is 2. The highest BCUT2D eigenvalue weighted by atomic mass is 19.1. The number of hydrogen-bond acceptors (Lipinski definition) is 7. The molecular weight excluding hydrogens is 397 g/mol. The van der Waals surface area contributed by atoms with Gasteiger partial charge >= 0.3 is 0 Å². The van der Waals surface area contributed by atoms with Gasteiger partial charge in [0.1, 0.15) is 11.5 Å². The summed E-state index contributed by atoms with van der Waals surface area (Å²) in [5, 5.41) is 7.06. The van der Waals surface area contributed by atoms with Crippen LogP contribution >= 0.6 is 0 Å². The fourth-order valence-electron chi connectivity index (χ4n) is 4.19. The molecule has 3 heterocycles. The van der Waals surface area contributed by atoms with Gasteiger partial charge in [-0.3, -0.25) is 9.69 Å². The van der Waals surface area contributed by atoms with Gasteiger partial charge in [0.25, 0.3) is 0 Å². The van der Waals surface area contributed by atoms with E-state index in [1.807, 2.05) is 26.0 Å². The average Bonchev–Trinajstić information content (AvgIpc) is 3.20. The van der Waals surface area contributed by atoms with Crippen molar-refractivity contribution >= 4 is 35.3 Å². The van der Waals surface area contributed by atoms with Gasteiger partial charge in [-0.1, -0.05) is 19.1 Å². The number of carbonyl (C=O) groups is 1. The number of halogens is 1. The summed E-state index contributed by atoms with van der Waals surface area (Å²) >= 11 is 0. The van der Waals surface area contributed by atoms with Crippen molar-refractivity contribution in [1.29, 1.82) is 0 Å². The Kier molecular flexibility index (Phi) is 4.46. The molecule has 1 amide bonds.